The zero-order chi connectivity index (χ0) is 23.0. The molecule has 0 aliphatic heterocycles. The Morgan fingerprint density at radius 1 is 0.909 bits per heavy atom. The summed E-state index contributed by atoms with van der Waals surface area (Å²) in [5.74, 6) is -0.691. The maximum absolute atomic E-state index is 16.0. The molecule has 166 valence electrons. The van der Waals surface area contributed by atoms with Gasteiger partial charge in [0.25, 0.3) is 0 Å². The Kier molecular flexibility index (Phi) is 5.39. The van der Waals surface area contributed by atoms with Crippen molar-refractivity contribution in [3.63, 3.8) is 0 Å². The summed E-state index contributed by atoms with van der Waals surface area (Å²) < 4.78 is 46.0. The summed E-state index contributed by atoms with van der Waals surface area (Å²) in [5, 5.41) is 0. The summed E-state index contributed by atoms with van der Waals surface area (Å²) in [6.45, 7) is 0. The molecule has 1 atom stereocenters. The van der Waals surface area contributed by atoms with E-state index in [0.29, 0.717) is 12.0 Å². The van der Waals surface area contributed by atoms with Crippen LogP contribution in [0.3, 0.4) is 0 Å². The predicted octanol–water partition coefficient (Wildman–Crippen LogP) is 4.50. The number of halogens is 1. The summed E-state index contributed by atoms with van der Waals surface area (Å²) in [6, 6.07) is 19.3. The summed E-state index contributed by atoms with van der Waals surface area (Å²) in [4.78, 5) is 7.68. The Balaban J connectivity index is 1.65. The molecule has 0 saturated carbocycles. The molecule has 33 heavy (non-hydrogen) atoms. The Hall–Kier alpha value is -3.62. The van der Waals surface area contributed by atoms with E-state index in [1.165, 1.54) is 18.5 Å². The number of rotatable bonds is 5. The first-order chi connectivity index (χ1) is 15.9. The fourth-order valence-corrected chi connectivity index (χ4v) is 5.82. The van der Waals surface area contributed by atoms with E-state index in [9.17, 15) is 8.42 Å². The van der Waals surface area contributed by atoms with E-state index < -0.39 is 26.8 Å². The van der Waals surface area contributed by atoms with Gasteiger partial charge >= 0.3 is 0 Å². The van der Waals surface area contributed by atoms with Crippen LogP contribution in [-0.2, 0) is 16.4 Å². The first-order valence-corrected chi connectivity index (χ1v) is 12.0. The quantitative estimate of drug-likeness (QED) is 0.457. The molecule has 8 heteroatoms. The number of hydrogen-bond donors (Lipinski definition) is 2. The van der Waals surface area contributed by atoms with E-state index in [-0.39, 0.29) is 22.6 Å². The van der Waals surface area contributed by atoms with Gasteiger partial charge in [0.15, 0.2) is 5.82 Å². The zero-order valence-electron chi connectivity index (χ0n) is 17.6. The van der Waals surface area contributed by atoms with Gasteiger partial charge in [-0.05, 0) is 35.6 Å². The number of benzene rings is 3. The normalized spacial score (nSPS) is 15.4. The van der Waals surface area contributed by atoms with Gasteiger partial charge in [-0.25, -0.2) is 22.5 Å². The topological polar surface area (TPSA) is 98.0 Å². The second-order valence-electron chi connectivity index (χ2n) is 7.91. The minimum Gasteiger partial charge on any atom is -0.382 e. The fraction of sp³-hybridized carbons (Fsp3) is 0.120. The highest BCUT2D eigenvalue weighted by molar-refractivity contribution is 7.89. The number of nitrogens with zero attached hydrogens (tertiary/aromatic N) is 2. The smallest absolute Gasteiger partial charge is 0.244 e. The molecule has 0 fully saturated rings. The third-order valence-corrected chi connectivity index (χ3v) is 7.36. The van der Waals surface area contributed by atoms with Crippen LogP contribution < -0.4 is 10.5 Å². The highest BCUT2D eigenvalue weighted by Gasteiger charge is 2.32. The summed E-state index contributed by atoms with van der Waals surface area (Å²) in [6.07, 6.45) is 4.01. The molecular weight excluding hydrogens is 439 g/mol. The lowest BCUT2D eigenvalue weighted by molar-refractivity contribution is 0.540. The molecule has 6 nitrogen and oxygen atoms in total. The highest BCUT2D eigenvalue weighted by atomic mass is 32.2. The molecule has 1 heterocycles. The molecule has 1 aliphatic rings. The third kappa shape index (κ3) is 3.99. The number of aromatic nitrogens is 2. The van der Waals surface area contributed by atoms with Crippen LogP contribution in [0.2, 0.25) is 0 Å². The molecular formula is C25H21FN4O2S. The lowest BCUT2D eigenvalue weighted by Crippen LogP contribution is -2.28. The predicted molar refractivity (Wildman–Crippen MR) is 125 cm³/mol. The van der Waals surface area contributed by atoms with Crippen molar-refractivity contribution in [2.24, 2.45) is 0 Å². The van der Waals surface area contributed by atoms with Gasteiger partial charge in [-0.2, -0.15) is 0 Å². The minimum absolute atomic E-state index is 0.0365. The standard InChI is InChI=1S/C25H21FN4O2S/c26-24-20(22-14-29-23(27)15-28-22)12-11-19(16-6-2-1-3-7-16)25(24)33(31,32)30-21-13-10-17-8-4-5-9-18(17)21/h1-9,11-12,14-15,21,30H,10,13H2,(H2,27,29)/t21-/m0/s1. The molecule has 1 aromatic heterocycles. The van der Waals surface area contributed by atoms with E-state index in [0.717, 1.165) is 17.5 Å². The van der Waals surface area contributed by atoms with E-state index >= 15 is 4.39 Å². The van der Waals surface area contributed by atoms with Gasteiger partial charge in [-0.15, -0.1) is 0 Å². The van der Waals surface area contributed by atoms with Crippen molar-refractivity contribution >= 4 is 15.8 Å². The number of sulfonamides is 1. The number of fused-ring (bicyclic) bond motifs is 1. The van der Waals surface area contributed by atoms with Crippen LogP contribution >= 0.6 is 0 Å². The van der Waals surface area contributed by atoms with Crippen LogP contribution in [0.1, 0.15) is 23.6 Å². The Bertz CT molecular complexity index is 1420. The van der Waals surface area contributed by atoms with E-state index in [1.54, 1.807) is 30.3 Å². The van der Waals surface area contributed by atoms with Crippen LogP contribution in [0.4, 0.5) is 10.2 Å². The Morgan fingerprint density at radius 2 is 1.64 bits per heavy atom. The summed E-state index contributed by atoms with van der Waals surface area (Å²) in [7, 11) is -4.23. The fourth-order valence-electron chi connectivity index (χ4n) is 4.26. The Morgan fingerprint density at radius 3 is 2.39 bits per heavy atom. The van der Waals surface area contributed by atoms with E-state index in [2.05, 4.69) is 14.7 Å². The van der Waals surface area contributed by atoms with Gasteiger partial charge in [-0.1, -0.05) is 60.7 Å². The zero-order valence-corrected chi connectivity index (χ0v) is 18.4. The van der Waals surface area contributed by atoms with Crippen LogP contribution in [0.25, 0.3) is 22.4 Å². The van der Waals surface area contributed by atoms with Gasteiger partial charge in [0.05, 0.1) is 18.1 Å². The average molecular weight is 461 g/mol. The maximum atomic E-state index is 16.0. The van der Waals surface area contributed by atoms with Crippen molar-refractivity contribution in [3.05, 3.63) is 96.1 Å². The summed E-state index contributed by atoms with van der Waals surface area (Å²) in [5.41, 5.74) is 8.72. The molecule has 0 bridgehead atoms. The van der Waals surface area contributed by atoms with Crippen LogP contribution in [-0.4, -0.2) is 18.4 Å². The monoisotopic (exact) mass is 460 g/mol. The van der Waals surface area contributed by atoms with E-state index in [4.69, 9.17) is 5.73 Å². The van der Waals surface area contributed by atoms with Crippen molar-refractivity contribution in [3.8, 4) is 22.4 Å². The number of nitrogens with one attached hydrogen (secondary N) is 1. The second-order valence-corrected chi connectivity index (χ2v) is 9.56. The van der Waals surface area contributed by atoms with Crippen molar-refractivity contribution in [2.75, 3.05) is 5.73 Å². The second kappa shape index (κ2) is 8.38. The number of nitrogens with two attached hydrogens (primary N) is 1. The van der Waals surface area contributed by atoms with Gasteiger partial charge in [0.1, 0.15) is 10.7 Å². The van der Waals surface area contributed by atoms with Crippen molar-refractivity contribution in [1.29, 1.82) is 0 Å². The molecule has 0 amide bonds. The molecule has 3 aromatic carbocycles. The van der Waals surface area contributed by atoms with Gasteiger partial charge in [0, 0.05) is 17.2 Å². The first-order valence-electron chi connectivity index (χ1n) is 10.5. The van der Waals surface area contributed by atoms with Crippen molar-refractivity contribution in [2.45, 2.75) is 23.8 Å². The molecule has 1 aliphatic carbocycles. The maximum Gasteiger partial charge on any atom is 0.244 e. The number of nitrogen functional groups attached to an aromatic ring is 1. The molecule has 0 saturated heterocycles. The lowest BCUT2D eigenvalue weighted by atomic mass is 10.0. The molecule has 0 spiro atoms. The highest BCUT2D eigenvalue weighted by Crippen LogP contribution is 2.37. The van der Waals surface area contributed by atoms with Crippen LogP contribution in [0.15, 0.2) is 84.0 Å². The molecule has 3 N–H and O–H groups in total. The number of aryl methyl sites for hydroxylation is 1. The van der Waals surface area contributed by atoms with Gasteiger partial charge in [0.2, 0.25) is 10.0 Å². The molecule has 5 rings (SSSR count). The molecule has 0 radical (unpaired) electrons. The largest absolute Gasteiger partial charge is 0.382 e. The van der Waals surface area contributed by atoms with Gasteiger partial charge in [-0.3, -0.25) is 4.98 Å². The molecule has 4 aromatic rings. The van der Waals surface area contributed by atoms with Crippen molar-refractivity contribution < 1.29 is 12.8 Å². The van der Waals surface area contributed by atoms with Gasteiger partial charge < -0.3 is 5.73 Å². The average Bonchev–Trinajstić information content (AvgIpc) is 3.22. The van der Waals surface area contributed by atoms with Crippen LogP contribution in [0, 0.1) is 5.82 Å². The van der Waals surface area contributed by atoms with E-state index in [1.807, 2.05) is 30.3 Å². The SMILES string of the molecule is Nc1cnc(-c2ccc(-c3ccccc3)c(S(=O)(=O)N[C@H]3CCc4ccccc43)c2F)cn1. The van der Waals surface area contributed by atoms with Crippen LogP contribution in [0.5, 0.6) is 0 Å². The number of hydrogen-bond acceptors (Lipinski definition) is 5. The minimum atomic E-state index is -4.23. The summed E-state index contributed by atoms with van der Waals surface area (Å²) >= 11 is 0. The lowest BCUT2D eigenvalue weighted by Gasteiger charge is -2.19. The third-order valence-electron chi connectivity index (χ3n) is 5.83. The Labute approximate surface area is 191 Å². The van der Waals surface area contributed by atoms with Crippen molar-refractivity contribution in [1.82, 2.24) is 14.7 Å². The number of anilines is 1. The first kappa shape index (κ1) is 21.2. The molecule has 0 unspecified atom stereocenters.